The standard InChI is InChI=1S/C8H14O/c1-7-6-8(7,2)4-3-5-9/h9H,1,3-6H2,2H3. The number of aliphatic hydroxyl groups excluding tert-OH is 1. The Bertz CT molecular complexity index is 129. The summed E-state index contributed by atoms with van der Waals surface area (Å²) in [5.74, 6) is 0. The van der Waals surface area contributed by atoms with Gasteiger partial charge in [0.15, 0.2) is 0 Å². The summed E-state index contributed by atoms with van der Waals surface area (Å²) in [5.41, 5.74) is 1.76. The fraction of sp³-hybridized carbons (Fsp3) is 0.750. The van der Waals surface area contributed by atoms with E-state index in [0.29, 0.717) is 12.0 Å². The second kappa shape index (κ2) is 2.14. The van der Waals surface area contributed by atoms with Crippen molar-refractivity contribution in [2.45, 2.75) is 26.2 Å². The minimum absolute atomic E-state index is 0.322. The highest BCUT2D eigenvalue weighted by molar-refractivity contribution is 5.27. The first-order chi connectivity index (χ1) is 4.19. The van der Waals surface area contributed by atoms with E-state index in [-0.39, 0.29) is 0 Å². The molecule has 0 aliphatic heterocycles. The summed E-state index contributed by atoms with van der Waals surface area (Å²) in [4.78, 5) is 0. The number of hydrogen-bond donors (Lipinski definition) is 1. The van der Waals surface area contributed by atoms with Gasteiger partial charge in [-0.3, -0.25) is 0 Å². The molecule has 1 atom stereocenters. The monoisotopic (exact) mass is 126 g/mol. The van der Waals surface area contributed by atoms with E-state index in [1.165, 1.54) is 12.0 Å². The van der Waals surface area contributed by atoms with Gasteiger partial charge in [0, 0.05) is 6.61 Å². The molecule has 1 unspecified atom stereocenters. The maximum atomic E-state index is 8.51. The van der Waals surface area contributed by atoms with Crippen molar-refractivity contribution in [3.8, 4) is 0 Å². The van der Waals surface area contributed by atoms with Gasteiger partial charge in [0.2, 0.25) is 0 Å². The molecular formula is C8H14O. The third-order valence-corrected chi connectivity index (χ3v) is 2.22. The van der Waals surface area contributed by atoms with Gasteiger partial charge in [0.1, 0.15) is 0 Å². The van der Waals surface area contributed by atoms with Crippen molar-refractivity contribution in [2.24, 2.45) is 5.41 Å². The molecule has 0 aromatic rings. The first kappa shape index (κ1) is 6.81. The van der Waals surface area contributed by atoms with Crippen molar-refractivity contribution in [1.29, 1.82) is 0 Å². The van der Waals surface area contributed by atoms with Gasteiger partial charge in [-0.15, -0.1) is 0 Å². The first-order valence-corrected chi connectivity index (χ1v) is 3.48. The van der Waals surface area contributed by atoms with Crippen LogP contribution >= 0.6 is 0 Å². The summed E-state index contributed by atoms with van der Waals surface area (Å²) in [6.07, 6.45) is 3.21. The van der Waals surface area contributed by atoms with E-state index in [0.717, 1.165) is 12.8 Å². The summed E-state index contributed by atoms with van der Waals surface area (Å²) in [6, 6.07) is 0. The first-order valence-electron chi connectivity index (χ1n) is 3.48. The zero-order valence-corrected chi connectivity index (χ0v) is 5.98. The van der Waals surface area contributed by atoms with Gasteiger partial charge in [-0.1, -0.05) is 19.1 Å². The van der Waals surface area contributed by atoms with Crippen molar-refractivity contribution in [3.05, 3.63) is 12.2 Å². The molecule has 0 amide bonds. The molecule has 52 valence electrons. The van der Waals surface area contributed by atoms with Crippen LogP contribution in [-0.2, 0) is 0 Å². The van der Waals surface area contributed by atoms with Crippen LogP contribution in [0.3, 0.4) is 0 Å². The average molecular weight is 126 g/mol. The Morgan fingerprint density at radius 3 is 2.67 bits per heavy atom. The van der Waals surface area contributed by atoms with E-state index in [4.69, 9.17) is 5.11 Å². The molecule has 0 bridgehead atoms. The zero-order valence-electron chi connectivity index (χ0n) is 5.98. The van der Waals surface area contributed by atoms with Crippen LogP contribution in [0.5, 0.6) is 0 Å². The highest BCUT2D eigenvalue weighted by Crippen LogP contribution is 2.53. The largest absolute Gasteiger partial charge is 0.396 e. The van der Waals surface area contributed by atoms with E-state index < -0.39 is 0 Å². The lowest BCUT2D eigenvalue weighted by molar-refractivity contribution is 0.272. The molecule has 9 heavy (non-hydrogen) atoms. The second-order valence-corrected chi connectivity index (χ2v) is 3.17. The summed E-state index contributed by atoms with van der Waals surface area (Å²) in [7, 11) is 0. The quantitative estimate of drug-likeness (QED) is 0.571. The fourth-order valence-electron chi connectivity index (χ4n) is 1.16. The molecule has 1 nitrogen and oxygen atoms in total. The predicted molar refractivity (Wildman–Crippen MR) is 38.2 cm³/mol. The van der Waals surface area contributed by atoms with Crippen LogP contribution in [0, 0.1) is 5.41 Å². The van der Waals surface area contributed by atoms with Crippen LogP contribution in [-0.4, -0.2) is 11.7 Å². The fourth-order valence-corrected chi connectivity index (χ4v) is 1.16. The Morgan fingerprint density at radius 1 is 1.78 bits per heavy atom. The molecule has 0 radical (unpaired) electrons. The van der Waals surface area contributed by atoms with Crippen molar-refractivity contribution < 1.29 is 5.11 Å². The van der Waals surface area contributed by atoms with Gasteiger partial charge in [0.05, 0.1) is 0 Å². The van der Waals surface area contributed by atoms with E-state index in [1.54, 1.807) is 0 Å². The molecule has 1 heteroatoms. The predicted octanol–water partition coefficient (Wildman–Crippen LogP) is 1.73. The molecule has 0 aromatic carbocycles. The number of rotatable bonds is 3. The summed E-state index contributed by atoms with van der Waals surface area (Å²) in [5, 5.41) is 8.51. The molecule has 1 N–H and O–H groups in total. The van der Waals surface area contributed by atoms with Gasteiger partial charge in [-0.25, -0.2) is 0 Å². The van der Waals surface area contributed by atoms with Crippen molar-refractivity contribution >= 4 is 0 Å². The van der Waals surface area contributed by atoms with Gasteiger partial charge < -0.3 is 5.11 Å². The van der Waals surface area contributed by atoms with Gasteiger partial charge >= 0.3 is 0 Å². The summed E-state index contributed by atoms with van der Waals surface area (Å²) in [6.45, 7) is 6.43. The summed E-state index contributed by atoms with van der Waals surface area (Å²) < 4.78 is 0. The maximum Gasteiger partial charge on any atom is 0.0431 e. The van der Waals surface area contributed by atoms with Crippen LogP contribution in [0.2, 0.25) is 0 Å². The normalized spacial score (nSPS) is 32.9. The van der Waals surface area contributed by atoms with Crippen LogP contribution < -0.4 is 0 Å². The highest BCUT2D eigenvalue weighted by atomic mass is 16.2. The number of hydrogen-bond acceptors (Lipinski definition) is 1. The molecule has 0 aromatic heterocycles. The Kier molecular flexibility index (Phi) is 1.62. The molecule has 1 fully saturated rings. The van der Waals surface area contributed by atoms with Crippen LogP contribution in [0.25, 0.3) is 0 Å². The molecule has 0 heterocycles. The van der Waals surface area contributed by atoms with E-state index in [2.05, 4.69) is 13.5 Å². The van der Waals surface area contributed by atoms with E-state index in [9.17, 15) is 0 Å². The van der Waals surface area contributed by atoms with Crippen LogP contribution in [0.15, 0.2) is 12.2 Å². The SMILES string of the molecule is C=C1CC1(C)CCCO. The van der Waals surface area contributed by atoms with E-state index >= 15 is 0 Å². The topological polar surface area (TPSA) is 20.2 Å². The minimum Gasteiger partial charge on any atom is -0.396 e. The number of allylic oxidation sites excluding steroid dienone is 1. The third-order valence-electron chi connectivity index (χ3n) is 2.22. The lowest BCUT2D eigenvalue weighted by Gasteiger charge is -2.03. The Hall–Kier alpha value is -0.300. The Balaban J connectivity index is 2.21. The molecule has 0 saturated heterocycles. The molecule has 1 saturated carbocycles. The van der Waals surface area contributed by atoms with Gasteiger partial charge in [0.25, 0.3) is 0 Å². The second-order valence-electron chi connectivity index (χ2n) is 3.17. The van der Waals surface area contributed by atoms with Crippen molar-refractivity contribution in [3.63, 3.8) is 0 Å². The van der Waals surface area contributed by atoms with Gasteiger partial charge in [-0.2, -0.15) is 0 Å². The Labute approximate surface area is 56.4 Å². The molecular weight excluding hydrogens is 112 g/mol. The van der Waals surface area contributed by atoms with E-state index in [1.807, 2.05) is 0 Å². The van der Waals surface area contributed by atoms with Crippen molar-refractivity contribution in [1.82, 2.24) is 0 Å². The minimum atomic E-state index is 0.322. The average Bonchev–Trinajstić information content (AvgIpc) is 2.38. The summed E-state index contributed by atoms with van der Waals surface area (Å²) >= 11 is 0. The molecule has 1 aliphatic carbocycles. The highest BCUT2D eigenvalue weighted by Gasteiger charge is 2.41. The maximum absolute atomic E-state index is 8.51. The van der Waals surface area contributed by atoms with Crippen LogP contribution in [0.4, 0.5) is 0 Å². The molecule has 0 spiro atoms. The lowest BCUT2D eigenvalue weighted by atomic mass is 10.0. The molecule has 1 aliphatic rings. The number of aliphatic hydroxyl groups is 1. The van der Waals surface area contributed by atoms with Gasteiger partial charge in [-0.05, 0) is 24.7 Å². The lowest BCUT2D eigenvalue weighted by Crippen LogP contribution is -1.94. The van der Waals surface area contributed by atoms with Crippen LogP contribution in [0.1, 0.15) is 26.2 Å². The molecule has 1 rings (SSSR count). The smallest absolute Gasteiger partial charge is 0.0431 e. The Morgan fingerprint density at radius 2 is 2.33 bits per heavy atom. The third kappa shape index (κ3) is 1.33. The zero-order chi connectivity index (χ0) is 6.91. The van der Waals surface area contributed by atoms with Crippen molar-refractivity contribution in [2.75, 3.05) is 6.61 Å².